The summed E-state index contributed by atoms with van der Waals surface area (Å²) in [5.41, 5.74) is 0. The van der Waals surface area contributed by atoms with Crippen molar-refractivity contribution in [1.82, 2.24) is 4.90 Å². The van der Waals surface area contributed by atoms with Gasteiger partial charge < -0.3 is 0 Å². The normalized spacial score (nSPS) is 42.7. The molecule has 1 nitrogen and oxygen atoms in total. The van der Waals surface area contributed by atoms with E-state index in [-0.39, 0.29) is 0 Å². The van der Waals surface area contributed by atoms with Gasteiger partial charge in [0.2, 0.25) is 0 Å². The van der Waals surface area contributed by atoms with E-state index in [0.29, 0.717) is 6.04 Å². The Hall–Kier alpha value is -0.300. The quantitative estimate of drug-likeness (QED) is 0.518. The molecule has 1 aliphatic carbocycles. The van der Waals surface area contributed by atoms with Crippen molar-refractivity contribution >= 4 is 0 Å². The van der Waals surface area contributed by atoms with Crippen molar-refractivity contribution in [3.63, 3.8) is 0 Å². The topological polar surface area (TPSA) is 3.24 Å². The summed E-state index contributed by atoms with van der Waals surface area (Å²) in [5, 5.41) is 0. The lowest BCUT2D eigenvalue weighted by Gasteiger charge is -2.33. The molecule has 3 atom stereocenters. The van der Waals surface area contributed by atoms with Gasteiger partial charge >= 0.3 is 0 Å². The van der Waals surface area contributed by atoms with E-state index in [4.69, 9.17) is 0 Å². The van der Waals surface area contributed by atoms with Crippen LogP contribution in [0, 0.1) is 5.92 Å². The van der Waals surface area contributed by atoms with Gasteiger partial charge in [-0.15, -0.1) is 0 Å². The molecule has 1 aliphatic heterocycles. The smallest absolute Gasteiger partial charge is 0.0290 e. The minimum atomic E-state index is 0.713. The molecule has 2 rings (SSSR count). The Bertz CT molecular complexity index is 183. The third-order valence-electron chi connectivity index (χ3n) is 3.16. The number of fused-ring (bicyclic) bond motifs is 2. The lowest BCUT2D eigenvalue weighted by molar-refractivity contribution is 0.166. The molecule has 0 saturated carbocycles. The predicted molar refractivity (Wildman–Crippen MR) is 47.5 cm³/mol. The summed E-state index contributed by atoms with van der Waals surface area (Å²) in [6.45, 7) is 6.95. The van der Waals surface area contributed by atoms with Crippen LogP contribution in [0.5, 0.6) is 0 Å². The first kappa shape index (κ1) is 7.35. The molecule has 2 aliphatic rings. The molecular weight excluding hydrogens is 134 g/mol. The molecule has 1 heteroatoms. The molecule has 1 saturated heterocycles. The van der Waals surface area contributed by atoms with E-state index in [1.165, 1.54) is 6.42 Å². The highest BCUT2D eigenvalue weighted by atomic mass is 15.2. The lowest BCUT2D eigenvalue weighted by atomic mass is 10.0. The molecule has 0 aromatic carbocycles. The Morgan fingerprint density at radius 2 is 2.09 bits per heavy atom. The first-order valence-electron chi connectivity index (χ1n) is 4.66. The van der Waals surface area contributed by atoms with Crippen LogP contribution in [0.1, 0.15) is 27.2 Å². The van der Waals surface area contributed by atoms with Crippen molar-refractivity contribution in [2.75, 3.05) is 0 Å². The van der Waals surface area contributed by atoms with Crippen LogP contribution in [0.25, 0.3) is 0 Å². The Labute approximate surface area is 69.1 Å². The first-order valence-corrected chi connectivity index (χ1v) is 4.66. The number of nitrogens with zero attached hydrogens (tertiary/aromatic N) is 1. The highest BCUT2D eigenvalue weighted by Crippen LogP contribution is 2.37. The van der Waals surface area contributed by atoms with Gasteiger partial charge in [-0.25, -0.2) is 0 Å². The van der Waals surface area contributed by atoms with Gasteiger partial charge in [0.1, 0.15) is 0 Å². The first-order chi connectivity index (χ1) is 5.20. The third-order valence-corrected chi connectivity index (χ3v) is 3.16. The SMILES string of the molecule is CC(C)N1C2C=CC(C2)C1C. The van der Waals surface area contributed by atoms with Crippen LogP contribution in [-0.4, -0.2) is 23.0 Å². The molecule has 0 spiro atoms. The molecular formula is C10H17N. The van der Waals surface area contributed by atoms with Crippen LogP contribution in [0.15, 0.2) is 12.2 Å². The van der Waals surface area contributed by atoms with E-state index in [1.807, 2.05) is 0 Å². The van der Waals surface area contributed by atoms with E-state index in [2.05, 4.69) is 37.8 Å². The Morgan fingerprint density at radius 1 is 1.36 bits per heavy atom. The van der Waals surface area contributed by atoms with Crippen LogP contribution in [0.4, 0.5) is 0 Å². The fourth-order valence-corrected chi connectivity index (χ4v) is 2.66. The molecule has 0 aromatic heterocycles. The van der Waals surface area contributed by atoms with E-state index in [0.717, 1.165) is 18.0 Å². The molecule has 0 amide bonds. The van der Waals surface area contributed by atoms with Gasteiger partial charge in [-0.05, 0) is 33.1 Å². The molecule has 1 heterocycles. The van der Waals surface area contributed by atoms with Gasteiger partial charge in [0.05, 0.1) is 0 Å². The van der Waals surface area contributed by atoms with Crippen molar-refractivity contribution in [1.29, 1.82) is 0 Å². The maximum atomic E-state index is 2.63. The number of hydrogen-bond donors (Lipinski definition) is 0. The fraction of sp³-hybridized carbons (Fsp3) is 0.800. The molecule has 62 valence electrons. The summed E-state index contributed by atoms with van der Waals surface area (Å²) in [6, 6.07) is 2.25. The van der Waals surface area contributed by atoms with Crippen LogP contribution in [0.2, 0.25) is 0 Å². The van der Waals surface area contributed by atoms with Gasteiger partial charge in [0, 0.05) is 18.1 Å². The maximum Gasteiger partial charge on any atom is 0.0290 e. The minimum absolute atomic E-state index is 0.713. The average molecular weight is 151 g/mol. The van der Waals surface area contributed by atoms with Gasteiger partial charge in [0.15, 0.2) is 0 Å². The van der Waals surface area contributed by atoms with Gasteiger partial charge in [-0.3, -0.25) is 4.90 Å². The van der Waals surface area contributed by atoms with Gasteiger partial charge in [-0.1, -0.05) is 12.2 Å². The lowest BCUT2D eigenvalue weighted by Crippen LogP contribution is -2.41. The van der Waals surface area contributed by atoms with Crippen molar-refractivity contribution in [2.45, 2.75) is 45.3 Å². The zero-order valence-corrected chi connectivity index (χ0v) is 7.62. The van der Waals surface area contributed by atoms with E-state index in [1.54, 1.807) is 0 Å². The summed E-state index contributed by atoms with van der Waals surface area (Å²) < 4.78 is 0. The Kier molecular flexibility index (Phi) is 1.57. The van der Waals surface area contributed by atoms with Crippen molar-refractivity contribution in [3.8, 4) is 0 Å². The summed E-state index contributed by atoms with van der Waals surface area (Å²) in [7, 11) is 0. The standard InChI is InChI=1S/C10H17N/c1-7(2)11-8(3)9-4-5-10(11)6-9/h4-5,7-10H,6H2,1-3H3. The van der Waals surface area contributed by atoms with E-state index >= 15 is 0 Å². The zero-order chi connectivity index (χ0) is 8.01. The monoisotopic (exact) mass is 151 g/mol. The second-order valence-corrected chi connectivity index (χ2v) is 4.13. The van der Waals surface area contributed by atoms with Crippen LogP contribution >= 0.6 is 0 Å². The minimum Gasteiger partial charge on any atom is -0.291 e. The highest BCUT2D eigenvalue weighted by molar-refractivity contribution is 5.16. The van der Waals surface area contributed by atoms with E-state index < -0.39 is 0 Å². The average Bonchev–Trinajstić information content (AvgIpc) is 2.44. The molecule has 0 radical (unpaired) electrons. The Morgan fingerprint density at radius 3 is 2.45 bits per heavy atom. The third kappa shape index (κ3) is 0.943. The fourth-order valence-electron chi connectivity index (χ4n) is 2.66. The van der Waals surface area contributed by atoms with Crippen LogP contribution in [-0.2, 0) is 0 Å². The van der Waals surface area contributed by atoms with Crippen molar-refractivity contribution in [2.24, 2.45) is 5.92 Å². The summed E-state index contributed by atoms with van der Waals surface area (Å²) in [6.07, 6.45) is 6.15. The van der Waals surface area contributed by atoms with Crippen molar-refractivity contribution < 1.29 is 0 Å². The predicted octanol–water partition coefficient (Wildman–Crippen LogP) is 2.04. The summed E-state index contributed by atoms with van der Waals surface area (Å²) >= 11 is 0. The number of hydrogen-bond acceptors (Lipinski definition) is 1. The largest absolute Gasteiger partial charge is 0.291 e. The zero-order valence-electron chi connectivity index (χ0n) is 7.62. The Balaban J connectivity index is 2.18. The van der Waals surface area contributed by atoms with E-state index in [9.17, 15) is 0 Å². The molecule has 3 unspecified atom stereocenters. The van der Waals surface area contributed by atoms with Crippen molar-refractivity contribution in [3.05, 3.63) is 12.2 Å². The summed E-state index contributed by atoms with van der Waals surface area (Å²) in [5.74, 6) is 0.849. The second-order valence-electron chi connectivity index (χ2n) is 4.13. The number of likely N-dealkylation sites (tertiary alicyclic amines) is 1. The maximum absolute atomic E-state index is 2.63. The molecule has 0 N–H and O–H groups in total. The number of rotatable bonds is 1. The van der Waals surface area contributed by atoms with Crippen LogP contribution < -0.4 is 0 Å². The second kappa shape index (κ2) is 2.34. The molecule has 1 fully saturated rings. The van der Waals surface area contributed by atoms with Gasteiger partial charge in [0.25, 0.3) is 0 Å². The molecule has 2 bridgehead atoms. The highest BCUT2D eigenvalue weighted by Gasteiger charge is 2.40. The molecule has 0 aromatic rings. The van der Waals surface area contributed by atoms with Gasteiger partial charge in [-0.2, -0.15) is 0 Å². The summed E-state index contributed by atoms with van der Waals surface area (Å²) in [4.78, 5) is 2.63. The molecule has 11 heavy (non-hydrogen) atoms. The van der Waals surface area contributed by atoms with Crippen LogP contribution in [0.3, 0.4) is 0 Å².